The summed E-state index contributed by atoms with van der Waals surface area (Å²) >= 11 is 7.08. The average molecular weight is 674 g/mol. The molecule has 7 aromatic rings. The lowest BCUT2D eigenvalue weighted by atomic mass is 9.74. The summed E-state index contributed by atoms with van der Waals surface area (Å²) in [7, 11) is 0. The number of hydrogen-bond acceptors (Lipinski definition) is 5. The Morgan fingerprint density at radius 1 is 0.595 bits per heavy atom. The number of rotatable bonds is 3. The van der Waals surface area contributed by atoms with Crippen molar-refractivity contribution in [2.24, 2.45) is 0 Å². The van der Waals surface area contributed by atoms with Crippen LogP contribution in [0.4, 0.5) is 0 Å². The van der Waals surface area contributed by atoms with Crippen LogP contribution >= 0.6 is 31.9 Å². The monoisotopic (exact) mass is 672 g/mol. The van der Waals surface area contributed by atoms with Crippen molar-refractivity contribution in [3.8, 4) is 39.9 Å². The number of fused-ring (bicyclic) bond motifs is 5. The van der Waals surface area contributed by atoms with Crippen molar-refractivity contribution in [2.75, 3.05) is 0 Å². The topological polar surface area (TPSA) is 69.4 Å². The first-order valence-electron chi connectivity index (χ1n) is 13.6. The Morgan fingerprint density at radius 3 is 1.81 bits per heavy atom. The van der Waals surface area contributed by atoms with E-state index in [0.717, 1.165) is 53.4 Å². The fourth-order valence-corrected chi connectivity index (χ4v) is 6.49. The molecule has 0 amide bonds. The minimum atomic E-state index is -0.285. The minimum Gasteiger partial charge on any atom is -0.305 e. The predicted octanol–water partition coefficient (Wildman–Crippen LogP) is 8.92. The fraction of sp³-hybridized carbons (Fsp3) is 0.0882. The van der Waals surface area contributed by atoms with Gasteiger partial charge in [-0.25, -0.2) is 15.0 Å². The summed E-state index contributed by atoms with van der Waals surface area (Å²) in [4.78, 5) is 24.3. The molecule has 0 N–H and O–H groups in total. The van der Waals surface area contributed by atoms with Crippen LogP contribution < -0.4 is 0 Å². The van der Waals surface area contributed by atoms with E-state index in [0.29, 0.717) is 17.5 Å². The van der Waals surface area contributed by atoms with Gasteiger partial charge >= 0.3 is 0 Å². The molecular weight excluding hydrogens is 652 g/mol. The maximum absolute atomic E-state index is 4.99. The lowest BCUT2D eigenvalue weighted by Gasteiger charge is -2.34. The smallest absolute Gasteiger partial charge is 0.164 e. The van der Waals surface area contributed by atoms with Crippen LogP contribution in [-0.2, 0) is 5.41 Å². The van der Waals surface area contributed by atoms with Crippen LogP contribution in [0.1, 0.15) is 25.0 Å². The summed E-state index contributed by atoms with van der Waals surface area (Å²) in [5.74, 6) is 1.88. The summed E-state index contributed by atoms with van der Waals surface area (Å²) in [5.41, 5.74) is 10.0. The summed E-state index contributed by atoms with van der Waals surface area (Å²) in [5, 5.41) is 0. The molecular formula is C34H22Br2N6. The van der Waals surface area contributed by atoms with Gasteiger partial charge in [0.2, 0.25) is 0 Å². The van der Waals surface area contributed by atoms with Gasteiger partial charge in [0.25, 0.3) is 0 Å². The van der Waals surface area contributed by atoms with Crippen LogP contribution in [0, 0.1) is 0 Å². The molecule has 3 aromatic carbocycles. The Morgan fingerprint density at radius 2 is 1.17 bits per heavy atom. The minimum absolute atomic E-state index is 0.285. The molecule has 1 aliphatic heterocycles. The molecule has 8 rings (SSSR count). The average Bonchev–Trinajstić information content (AvgIpc) is 3.35. The molecule has 0 unspecified atom stereocenters. The van der Waals surface area contributed by atoms with Gasteiger partial charge in [-0.05, 0) is 71.8 Å². The van der Waals surface area contributed by atoms with Crippen molar-refractivity contribution in [1.29, 1.82) is 0 Å². The molecule has 0 saturated carbocycles. The number of pyridine rings is 2. The zero-order chi connectivity index (χ0) is 28.6. The molecule has 0 spiro atoms. The number of benzene rings is 3. The standard InChI is InChI=1S/C34H22Br2N6/c1-34(2)24-15-17-38-29-28-27(4-3-16-37-28)42(30(24)29)26-14-9-21(18-25(26)34)33-40-31(19-5-10-22(35)11-6-19)39-32(41-33)20-7-12-23(36)13-8-20/h3-18H,1-2H3. The molecule has 0 saturated heterocycles. The first-order chi connectivity index (χ1) is 20.4. The van der Waals surface area contributed by atoms with Gasteiger partial charge in [0, 0.05) is 43.4 Å². The zero-order valence-electron chi connectivity index (χ0n) is 22.7. The first-order valence-corrected chi connectivity index (χ1v) is 15.1. The molecule has 5 heterocycles. The number of nitrogens with zero attached hydrogens (tertiary/aromatic N) is 6. The summed E-state index contributed by atoms with van der Waals surface area (Å²) in [6.45, 7) is 4.54. The van der Waals surface area contributed by atoms with Crippen LogP contribution in [0.3, 0.4) is 0 Å². The number of halogens is 2. The van der Waals surface area contributed by atoms with Crippen molar-refractivity contribution in [1.82, 2.24) is 29.5 Å². The van der Waals surface area contributed by atoms with Gasteiger partial charge in [0.15, 0.2) is 17.5 Å². The van der Waals surface area contributed by atoms with E-state index in [2.05, 4.69) is 80.6 Å². The first kappa shape index (κ1) is 25.4. The Balaban J connectivity index is 1.36. The second-order valence-corrected chi connectivity index (χ2v) is 12.8. The Labute approximate surface area is 258 Å². The van der Waals surface area contributed by atoms with E-state index < -0.39 is 0 Å². The Bertz CT molecular complexity index is 2120. The second kappa shape index (κ2) is 9.37. The molecule has 8 heteroatoms. The Hall–Kier alpha value is -4.27. The van der Waals surface area contributed by atoms with Crippen LogP contribution in [-0.4, -0.2) is 29.5 Å². The molecule has 0 fully saturated rings. The molecule has 202 valence electrons. The fourth-order valence-electron chi connectivity index (χ4n) is 5.97. The van der Waals surface area contributed by atoms with Gasteiger partial charge in [0.1, 0.15) is 11.0 Å². The summed E-state index contributed by atoms with van der Waals surface area (Å²) in [6, 6.07) is 28.8. The van der Waals surface area contributed by atoms with Crippen LogP contribution in [0.5, 0.6) is 0 Å². The summed E-state index contributed by atoms with van der Waals surface area (Å²) in [6.07, 6.45) is 3.73. The highest BCUT2D eigenvalue weighted by molar-refractivity contribution is 9.10. The quantitative estimate of drug-likeness (QED) is 0.187. The van der Waals surface area contributed by atoms with E-state index in [-0.39, 0.29) is 5.41 Å². The van der Waals surface area contributed by atoms with Crippen LogP contribution in [0.2, 0.25) is 0 Å². The normalized spacial score (nSPS) is 13.4. The molecule has 42 heavy (non-hydrogen) atoms. The van der Waals surface area contributed by atoms with Gasteiger partial charge in [-0.1, -0.05) is 70.0 Å². The third-order valence-electron chi connectivity index (χ3n) is 8.08. The molecule has 0 atom stereocenters. The van der Waals surface area contributed by atoms with Gasteiger partial charge in [-0.2, -0.15) is 0 Å². The van der Waals surface area contributed by atoms with E-state index in [4.69, 9.17) is 24.9 Å². The van der Waals surface area contributed by atoms with Crippen molar-refractivity contribution in [3.05, 3.63) is 117 Å². The van der Waals surface area contributed by atoms with Gasteiger partial charge < -0.3 is 4.57 Å². The molecule has 0 bridgehead atoms. The highest BCUT2D eigenvalue weighted by atomic mass is 79.9. The van der Waals surface area contributed by atoms with E-state index in [1.54, 1.807) is 0 Å². The maximum Gasteiger partial charge on any atom is 0.164 e. The number of aromatic nitrogens is 6. The van der Waals surface area contributed by atoms with Crippen molar-refractivity contribution < 1.29 is 0 Å². The highest BCUT2D eigenvalue weighted by Crippen LogP contribution is 2.47. The molecule has 0 aliphatic carbocycles. The maximum atomic E-state index is 4.99. The third-order valence-corrected chi connectivity index (χ3v) is 9.14. The number of hydrogen-bond donors (Lipinski definition) is 0. The molecule has 1 aliphatic rings. The largest absolute Gasteiger partial charge is 0.305 e. The zero-order valence-corrected chi connectivity index (χ0v) is 25.8. The lowest BCUT2D eigenvalue weighted by Crippen LogP contribution is -2.26. The van der Waals surface area contributed by atoms with Crippen LogP contribution in [0.15, 0.2) is 106 Å². The van der Waals surface area contributed by atoms with E-state index in [9.17, 15) is 0 Å². The van der Waals surface area contributed by atoms with E-state index in [1.807, 2.05) is 67.0 Å². The van der Waals surface area contributed by atoms with Gasteiger partial charge in [0.05, 0.1) is 16.7 Å². The molecule has 0 radical (unpaired) electrons. The van der Waals surface area contributed by atoms with Gasteiger partial charge in [-0.3, -0.25) is 9.97 Å². The van der Waals surface area contributed by atoms with Crippen molar-refractivity contribution >= 4 is 53.9 Å². The molecule has 4 aromatic heterocycles. The van der Waals surface area contributed by atoms with Gasteiger partial charge in [-0.15, -0.1) is 0 Å². The predicted molar refractivity (Wildman–Crippen MR) is 174 cm³/mol. The highest BCUT2D eigenvalue weighted by Gasteiger charge is 2.36. The van der Waals surface area contributed by atoms with E-state index >= 15 is 0 Å². The van der Waals surface area contributed by atoms with E-state index in [1.165, 1.54) is 11.1 Å². The van der Waals surface area contributed by atoms with Crippen molar-refractivity contribution in [2.45, 2.75) is 19.3 Å². The molecule has 6 nitrogen and oxygen atoms in total. The second-order valence-electron chi connectivity index (χ2n) is 10.9. The lowest BCUT2D eigenvalue weighted by molar-refractivity contribution is 0.629. The summed E-state index contributed by atoms with van der Waals surface area (Å²) < 4.78 is 4.31. The third kappa shape index (κ3) is 3.86. The van der Waals surface area contributed by atoms with Crippen LogP contribution in [0.25, 0.3) is 61.9 Å². The van der Waals surface area contributed by atoms with Crippen molar-refractivity contribution in [3.63, 3.8) is 0 Å². The SMILES string of the molecule is CC1(C)c2cc(-c3nc(-c4ccc(Br)cc4)nc(-c4ccc(Br)cc4)n3)ccc2-n2c3cccnc3c3nccc1c32. The Kier molecular flexibility index (Phi) is 5.68.